The molecule has 3 N–H and O–H groups in total. The predicted molar refractivity (Wildman–Crippen MR) is 98.4 cm³/mol. The monoisotopic (exact) mass is 383 g/mol. The highest BCUT2D eigenvalue weighted by Crippen LogP contribution is 2.20. The van der Waals surface area contributed by atoms with Crippen molar-refractivity contribution in [1.29, 1.82) is 0 Å². The second kappa shape index (κ2) is 9.96. The lowest BCUT2D eigenvalue weighted by Gasteiger charge is -2.09. The number of hydrogen-bond donors (Lipinski definition) is 3. The molecule has 9 heteroatoms. The number of hydrogen-bond acceptors (Lipinski definition) is 3. The number of carbonyl (C=O) groups is 1. The molecular formula is C18H24F3N5O. The van der Waals surface area contributed by atoms with Gasteiger partial charge in [0.05, 0.1) is 12.6 Å². The molecule has 0 fully saturated rings. The molecule has 0 spiro atoms. The van der Waals surface area contributed by atoms with Gasteiger partial charge in [0.25, 0.3) is 0 Å². The number of urea groups is 1. The lowest BCUT2D eigenvalue weighted by Crippen LogP contribution is -2.30. The Bertz CT molecular complexity index is 713. The molecule has 0 aliphatic heterocycles. The SMILES string of the molecule is Cn1cc(-c2ccc(NC(=O)NCCCCNCCC(F)(F)F)cc2)cn1. The van der Waals surface area contributed by atoms with Crippen LogP contribution >= 0.6 is 0 Å². The van der Waals surface area contributed by atoms with Gasteiger partial charge in [-0.1, -0.05) is 12.1 Å². The summed E-state index contributed by atoms with van der Waals surface area (Å²) in [6.07, 6.45) is 0.112. The van der Waals surface area contributed by atoms with Crippen LogP contribution in [0.5, 0.6) is 0 Å². The normalized spacial score (nSPS) is 11.4. The van der Waals surface area contributed by atoms with Gasteiger partial charge in [-0.3, -0.25) is 4.68 Å². The third-order valence-electron chi connectivity index (χ3n) is 3.83. The fourth-order valence-electron chi connectivity index (χ4n) is 2.42. The van der Waals surface area contributed by atoms with Crippen LogP contribution in [-0.2, 0) is 7.05 Å². The van der Waals surface area contributed by atoms with Gasteiger partial charge in [0.15, 0.2) is 0 Å². The quantitative estimate of drug-likeness (QED) is 0.580. The predicted octanol–water partition coefficient (Wildman–Crippen LogP) is 3.53. The van der Waals surface area contributed by atoms with Gasteiger partial charge in [-0.25, -0.2) is 4.79 Å². The van der Waals surface area contributed by atoms with E-state index in [0.717, 1.165) is 11.1 Å². The Labute approximate surface area is 156 Å². The molecule has 148 valence electrons. The first-order valence-electron chi connectivity index (χ1n) is 8.75. The molecule has 1 heterocycles. The number of nitrogens with one attached hydrogen (secondary N) is 3. The Morgan fingerprint density at radius 1 is 1.07 bits per heavy atom. The Morgan fingerprint density at radius 2 is 1.78 bits per heavy atom. The first-order chi connectivity index (χ1) is 12.8. The van der Waals surface area contributed by atoms with E-state index in [-0.39, 0.29) is 12.6 Å². The van der Waals surface area contributed by atoms with E-state index in [1.54, 1.807) is 10.9 Å². The van der Waals surface area contributed by atoms with E-state index in [1.165, 1.54) is 0 Å². The van der Waals surface area contributed by atoms with Crippen molar-refractivity contribution >= 4 is 11.7 Å². The average molecular weight is 383 g/mol. The second-order valence-corrected chi connectivity index (χ2v) is 6.18. The summed E-state index contributed by atoms with van der Waals surface area (Å²) in [4.78, 5) is 11.8. The van der Waals surface area contributed by atoms with Gasteiger partial charge in [0, 0.05) is 37.6 Å². The van der Waals surface area contributed by atoms with E-state index < -0.39 is 12.6 Å². The highest BCUT2D eigenvalue weighted by molar-refractivity contribution is 5.89. The molecule has 0 aliphatic carbocycles. The first-order valence-corrected chi connectivity index (χ1v) is 8.75. The molecule has 0 saturated carbocycles. The highest BCUT2D eigenvalue weighted by atomic mass is 19.4. The number of nitrogens with zero attached hydrogens (tertiary/aromatic N) is 2. The maximum atomic E-state index is 12.0. The van der Waals surface area contributed by atoms with Crippen LogP contribution in [0.3, 0.4) is 0 Å². The molecule has 0 atom stereocenters. The third-order valence-corrected chi connectivity index (χ3v) is 3.83. The smallest absolute Gasteiger partial charge is 0.338 e. The Hall–Kier alpha value is -2.55. The molecule has 0 unspecified atom stereocenters. The van der Waals surface area contributed by atoms with Gasteiger partial charge in [-0.2, -0.15) is 18.3 Å². The number of benzene rings is 1. The molecule has 27 heavy (non-hydrogen) atoms. The number of unbranched alkanes of at least 4 members (excludes halogenated alkanes) is 1. The summed E-state index contributed by atoms with van der Waals surface area (Å²) in [5, 5.41) is 12.3. The molecule has 0 bridgehead atoms. The minimum atomic E-state index is -4.12. The van der Waals surface area contributed by atoms with E-state index in [0.29, 0.717) is 31.6 Å². The Kier molecular flexibility index (Phi) is 7.66. The van der Waals surface area contributed by atoms with Crippen molar-refractivity contribution in [2.24, 2.45) is 7.05 Å². The number of amides is 2. The fraction of sp³-hybridized carbons (Fsp3) is 0.444. The van der Waals surface area contributed by atoms with Crippen LogP contribution in [-0.4, -0.2) is 41.6 Å². The minimum Gasteiger partial charge on any atom is -0.338 e. The van der Waals surface area contributed by atoms with Crippen LogP contribution in [0.4, 0.5) is 23.7 Å². The zero-order valence-corrected chi connectivity index (χ0v) is 15.1. The second-order valence-electron chi connectivity index (χ2n) is 6.18. The lowest BCUT2D eigenvalue weighted by atomic mass is 10.1. The molecule has 1 aromatic heterocycles. The van der Waals surface area contributed by atoms with Crippen LogP contribution in [0, 0.1) is 0 Å². The van der Waals surface area contributed by atoms with Crippen LogP contribution in [0.25, 0.3) is 11.1 Å². The lowest BCUT2D eigenvalue weighted by molar-refractivity contribution is -0.133. The number of aryl methyl sites for hydroxylation is 1. The van der Waals surface area contributed by atoms with Crippen molar-refractivity contribution < 1.29 is 18.0 Å². The molecule has 1 aromatic carbocycles. The number of rotatable bonds is 9. The number of anilines is 1. The maximum absolute atomic E-state index is 12.0. The third kappa shape index (κ3) is 8.12. The van der Waals surface area contributed by atoms with Crippen molar-refractivity contribution in [3.8, 4) is 11.1 Å². The standard InChI is InChI=1S/C18H24F3N5O/c1-26-13-15(12-24-26)14-4-6-16(7-5-14)25-17(27)23-10-3-2-9-22-11-8-18(19,20)21/h4-7,12-13,22H,2-3,8-11H2,1H3,(H2,23,25,27). The zero-order valence-electron chi connectivity index (χ0n) is 15.1. The summed E-state index contributed by atoms with van der Waals surface area (Å²) in [6.45, 7) is 0.877. The van der Waals surface area contributed by atoms with Crippen LogP contribution in [0.1, 0.15) is 19.3 Å². The summed E-state index contributed by atoms with van der Waals surface area (Å²) in [5.41, 5.74) is 2.68. The molecule has 6 nitrogen and oxygen atoms in total. The van der Waals surface area contributed by atoms with Gasteiger partial charge in [0.2, 0.25) is 0 Å². The fourth-order valence-corrected chi connectivity index (χ4v) is 2.42. The molecule has 2 aromatic rings. The summed E-state index contributed by atoms with van der Waals surface area (Å²) in [5.74, 6) is 0. The molecular weight excluding hydrogens is 359 g/mol. The minimum absolute atomic E-state index is 0.0769. The van der Waals surface area contributed by atoms with Crippen molar-refractivity contribution in [2.45, 2.75) is 25.4 Å². The first kappa shape index (κ1) is 20.8. The van der Waals surface area contributed by atoms with E-state index in [9.17, 15) is 18.0 Å². The van der Waals surface area contributed by atoms with Crippen molar-refractivity contribution in [2.75, 3.05) is 25.0 Å². The summed E-state index contributed by atoms with van der Waals surface area (Å²) in [7, 11) is 1.85. The molecule has 0 radical (unpaired) electrons. The largest absolute Gasteiger partial charge is 0.390 e. The average Bonchev–Trinajstić information content (AvgIpc) is 3.03. The van der Waals surface area contributed by atoms with Crippen molar-refractivity contribution in [1.82, 2.24) is 20.4 Å². The summed E-state index contributed by atoms with van der Waals surface area (Å²) < 4.78 is 37.6. The van der Waals surface area contributed by atoms with Crippen LogP contribution in [0.2, 0.25) is 0 Å². The van der Waals surface area contributed by atoms with E-state index >= 15 is 0 Å². The van der Waals surface area contributed by atoms with E-state index in [1.807, 2.05) is 37.5 Å². The molecule has 0 saturated heterocycles. The topological polar surface area (TPSA) is 71.0 Å². The van der Waals surface area contributed by atoms with Crippen LogP contribution in [0.15, 0.2) is 36.7 Å². The van der Waals surface area contributed by atoms with E-state index in [4.69, 9.17) is 0 Å². The van der Waals surface area contributed by atoms with Gasteiger partial charge >= 0.3 is 12.2 Å². The summed E-state index contributed by atoms with van der Waals surface area (Å²) in [6, 6.07) is 7.12. The van der Waals surface area contributed by atoms with Gasteiger partial charge in [0.1, 0.15) is 0 Å². The van der Waals surface area contributed by atoms with Gasteiger partial charge in [-0.05, 0) is 37.1 Å². The number of halogens is 3. The van der Waals surface area contributed by atoms with Crippen LogP contribution < -0.4 is 16.0 Å². The van der Waals surface area contributed by atoms with E-state index in [2.05, 4.69) is 21.0 Å². The number of aromatic nitrogens is 2. The number of carbonyl (C=O) groups excluding carboxylic acids is 1. The van der Waals surface area contributed by atoms with Crippen molar-refractivity contribution in [3.63, 3.8) is 0 Å². The zero-order chi connectivity index (χ0) is 19.7. The molecule has 0 aliphatic rings. The number of alkyl halides is 3. The summed E-state index contributed by atoms with van der Waals surface area (Å²) >= 11 is 0. The molecule has 2 amide bonds. The van der Waals surface area contributed by atoms with Crippen molar-refractivity contribution in [3.05, 3.63) is 36.7 Å². The Morgan fingerprint density at radius 3 is 2.41 bits per heavy atom. The Balaban J connectivity index is 1.59. The maximum Gasteiger partial charge on any atom is 0.390 e. The highest BCUT2D eigenvalue weighted by Gasteiger charge is 2.25. The van der Waals surface area contributed by atoms with Gasteiger partial charge < -0.3 is 16.0 Å². The van der Waals surface area contributed by atoms with Gasteiger partial charge in [-0.15, -0.1) is 0 Å². The molecule has 2 rings (SSSR count).